The Balaban J connectivity index is 1.59. The highest BCUT2D eigenvalue weighted by Gasteiger charge is 2.20. The largest absolute Gasteiger partial charge is 0.506 e. The van der Waals surface area contributed by atoms with Crippen LogP contribution in [0.15, 0.2) is 41.6 Å². The summed E-state index contributed by atoms with van der Waals surface area (Å²) in [4.78, 5) is 20.2. The third-order valence-electron chi connectivity index (χ3n) is 5.83. The maximum absolute atomic E-state index is 15.1. The molecule has 2 heterocycles. The van der Waals surface area contributed by atoms with Crippen LogP contribution < -0.4 is 4.74 Å². The molecule has 0 radical (unpaired) electrons. The summed E-state index contributed by atoms with van der Waals surface area (Å²) in [6, 6.07) is 9.44. The van der Waals surface area contributed by atoms with Gasteiger partial charge in [0.15, 0.2) is 11.6 Å². The predicted octanol–water partition coefficient (Wildman–Crippen LogP) is 5.18. The minimum atomic E-state index is -0.503. The van der Waals surface area contributed by atoms with E-state index in [1.54, 1.807) is 31.2 Å². The summed E-state index contributed by atoms with van der Waals surface area (Å²) in [7, 11) is 0. The lowest BCUT2D eigenvalue weighted by atomic mass is 9.96. The van der Waals surface area contributed by atoms with Gasteiger partial charge in [-0.05, 0) is 78.9 Å². The second kappa shape index (κ2) is 9.59. The highest BCUT2D eigenvalue weighted by molar-refractivity contribution is 6.02. The number of benzene rings is 2. The van der Waals surface area contributed by atoms with Crippen LogP contribution in [0.25, 0.3) is 11.3 Å². The van der Waals surface area contributed by atoms with Crippen LogP contribution >= 0.6 is 0 Å². The Bertz CT molecular complexity index is 1300. The monoisotopic (exact) mass is 466 g/mol. The fourth-order valence-electron chi connectivity index (χ4n) is 3.90. The van der Waals surface area contributed by atoms with Crippen LogP contribution in [-0.2, 0) is 22.5 Å². The molecule has 0 amide bonds. The van der Waals surface area contributed by atoms with Crippen molar-refractivity contribution in [2.75, 3.05) is 6.61 Å². The van der Waals surface area contributed by atoms with E-state index in [1.165, 1.54) is 12.1 Å². The van der Waals surface area contributed by atoms with Crippen molar-refractivity contribution in [2.24, 2.45) is 5.16 Å². The van der Waals surface area contributed by atoms with Crippen molar-refractivity contribution in [1.29, 1.82) is 0 Å². The summed E-state index contributed by atoms with van der Waals surface area (Å²) in [5, 5.41) is 14.0. The minimum Gasteiger partial charge on any atom is -0.506 e. The van der Waals surface area contributed by atoms with Gasteiger partial charge in [-0.25, -0.2) is 18.6 Å². The number of aromatic hydroxyl groups is 1. The first-order valence-electron chi connectivity index (χ1n) is 10.9. The van der Waals surface area contributed by atoms with Crippen LogP contribution in [0.4, 0.5) is 8.78 Å². The van der Waals surface area contributed by atoms with Crippen molar-refractivity contribution in [3.63, 3.8) is 0 Å². The number of halogens is 2. The third kappa shape index (κ3) is 4.76. The Kier molecular flexibility index (Phi) is 6.58. The molecule has 34 heavy (non-hydrogen) atoms. The summed E-state index contributed by atoms with van der Waals surface area (Å²) >= 11 is 0. The predicted molar refractivity (Wildman–Crippen MR) is 123 cm³/mol. The molecule has 1 aliphatic heterocycles. The van der Waals surface area contributed by atoms with Gasteiger partial charge in [0, 0.05) is 17.7 Å². The number of oxime groups is 1. The van der Waals surface area contributed by atoms with Crippen molar-refractivity contribution in [3.8, 4) is 22.8 Å². The highest BCUT2D eigenvalue weighted by atomic mass is 19.1. The molecule has 0 saturated carbocycles. The van der Waals surface area contributed by atoms with E-state index >= 15 is 4.39 Å². The second-order valence-corrected chi connectivity index (χ2v) is 8.20. The van der Waals surface area contributed by atoms with Crippen molar-refractivity contribution in [3.05, 3.63) is 76.0 Å². The van der Waals surface area contributed by atoms with Crippen LogP contribution in [0.2, 0.25) is 0 Å². The molecule has 8 heteroatoms. The highest BCUT2D eigenvalue weighted by Crippen LogP contribution is 2.32. The number of carbonyl (C=O) groups is 1. The summed E-state index contributed by atoms with van der Waals surface area (Å²) in [6.45, 7) is 5.33. The van der Waals surface area contributed by atoms with E-state index in [0.717, 1.165) is 11.1 Å². The average Bonchev–Trinajstić information content (AvgIpc) is 3.24. The molecule has 2 aromatic carbocycles. The zero-order valence-corrected chi connectivity index (χ0v) is 19.1. The van der Waals surface area contributed by atoms with E-state index in [2.05, 4.69) is 15.0 Å². The Morgan fingerprint density at radius 1 is 1.15 bits per heavy atom. The Morgan fingerprint density at radius 2 is 1.94 bits per heavy atom. The van der Waals surface area contributed by atoms with Gasteiger partial charge in [0.2, 0.25) is 0 Å². The van der Waals surface area contributed by atoms with Gasteiger partial charge in [0.25, 0.3) is 0 Å². The molecule has 4 rings (SSSR count). The number of hydrogen-bond donors (Lipinski definition) is 1. The molecule has 0 spiro atoms. The number of hydrogen-bond acceptors (Lipinski definition) is 6. The van der Waals surface area contributed by atoms with Crippen LogP contribution in [0.1, 0.15) is 41.3 Å². The smallest absolute Gasteiger partial charge is 0.340 e. The van der Waals surface area contributed by atoms with Gasteiger partial charge in [-0.2, -0.15) is 0 Å². The number of nitrogens with zero attached hydrogens (tertiary/aromatic N) is 2. The summed E-state index contributed by atoms with van der Waals surface area (Å²) in [6.07, 6.45) is 0.877. The Morgan fingerprint density at radius 3 is 2.65 bits per heavy atom. The molecular weight excluding hydrogens is 442 g/mol. The average molecular weight is 466 g/mol. The van der Waals surface area contributed by atoms with Gasteiger partial charge in [0.05, 0.1) is 6.42 Å². The standard InChI is InChI=1S/C26H24F2N2O4/c1-4-16-10-17(5-7-21(16)27)26-22(31)8-6-18(29-26)11-20-14(2)9-23(25(28)15(20)3)33-13-19-12-24(32)34-30-19/h5-10,31H,4,11-13H2,1-3H3. The van der Waals surface area contributed by atoms with E-state index in [-0.39, 0.29) is 30.3 Å². The van der Waals surface area contributed by atoms with Crippen molar-refractivity contribution in [2.45, 2.75) is 40.0 Å². The Hall–Kier alpha value is -3.81. The lowest BCUT2D eigenvalue weighted by Crippen LogP contribution is -2.12. The number of carbonyl (C=O) groups excluding carboxylic acids is 1. The molecule has 176 valence electrons. The molecule has 3 aromatic rings. The van der Waals surface area contributed by atoms with Gasteiger partial charge in [0.1, 0.15) is 29.6 Å². The molecule has 0 aliphatic carbocycles. The van der Waals surface area contributed by atoms with E-state index in [0.29, 0.717) is 46.6 Å². The molecule has 0 unspecified atom stereocenters. The molecule has 0 fully saturated rings. The first kappa shape index (κ1) is 23.4. The number of ether oxygens (including phenoxy) is 1. The molecular formula is C26H24F2N2O4. The van der Waals surface area contributed by atoms with Crippen molar-refractivity contribution in [1.82, 2.24) is 4.98 Å². The van der Waals surface area contributed by atoms with Gasteiger partial charge in [-0.15, -0.1) is 0 Å². The SMILES string of the molecule is CCc1cc(-c2nc(Cc3c(C)cc(OCC4=NOC(=O)C4)c(F)c3C)ccc2O)ccc1F. The van der Waals surface area contributed by atoms with Crippen LogP contribution in [0.3, 0.4) is 0 Å². The topological polar surface area (TPSA) is 81.0 Å². The number of rotatable bonds is 7. The molecule has 1 aromatic heterocycles. The maximum Gasteiger partial charge on any atom is 0.340 e. The van der Waals surface area contributed by atoms with E-state index in [4.69, 9.17) is 4.74 Å². The first-order valence-corrected chi connectivity index (χ1v) is 10.9. The van der Waals surface area contributed by atoms with Gasteiger partial charge in [-0.1, -0.05) is 12.1 Å². The minimum absolute atomic E-state index is 0.0157. The molecule has 0 saturated heterocycles. The molecule has 1 N–H and O–H groups in total. The summed E-state index contributed by atoms with van der Waals surface area (Å²) < 4.78 is 34.5. The van der Waals surface area contributed by atoms with Crippen LogP contribution in [0.5, 0.6) is 11.5 Å². The Labute approximate surface area is 195 Å². The van der Waals surface area contributed by atoms with Crippen molar-refractivity contribution >= 4 is 11.7 Å². The van der Waals surface area contributed by atoms with E-state index < -0.39 is 11.8 Å². The lowest BCUT2D eigenvalue weighted by molar-refractivity contribution is -0.140. The van der Waals surface area contributed by atoms with E-state index in [9.17, 15) is 14.3 Å². The van der Waals surface area contributed by atoms with Crippen LogP contribution in [0, 0.1) is 25.5 Å². The van der Waals surface area contributed by atoms with E-state index in [1.807, 2.05) is 13.8 Å². The van der Waals surface area contributed by atoms with Gasteiger partial charge >= 0.3 is 5.97 Å². The summed E-state index contributed by atoms with van der Waals surface area (Å²) in [5.41, 5.74) is 4.49. The zero-order chi connectivity index (χ0) is 24.4. The normalized spacial score (nSPS) is 13.1. The molecule has 6 nitrogen and oxygen atoms in total. The fourth-order valence-corrected chi connectivity index (χ4v) is 3.90. The zero-order valence-electron chi connectivity index (χ0n) is 19.1. The number of pyridine rings is 1. The van der Waals surface area contributed by atoms with Crippen molar-refractivity contribution < 1.29 is 28.3 Å². The quantitative estimate of drug-likeness (QED) is 0.485. The molecule has 0 bridgehead atoms. The number of aryl methyl sites for hydroxylation is 2. The van der Waals surface area contributed by atoms with Gasteiger partial charge < -0.3 is 14.7 Å². The summed E-state index contributed by atoms with van der Waals surface area (Å²) in [5.74, 6) is -1.22. The maximum atomic E-state index is 15.1. The fraction of sp³-hybridized carbons (Fsp3) is 0.269. The molecule has 0 atom stereocenters. The first-order chi connectivity index (χ1) is 16.3. The molecule has 1 aliphatic rings. The van der Waals surface area contributed by atoms with Crippen LogP contribution in [-0.4, -0.2) is 28.4 Å². The number of aromatic nitrogens is 1. The lowest BCUT2D eigenvalue weighted by Gasteiger charge is -2.16. The third-order valence-corrected chi connectivity index (χ3v) is 5.83. The second-order valence-electron chi connectivity index (χ2n) is 8.20. The van der Waals surface area contributed by atoms with Gasteiger partial charge in [-0.3, -0.25) is 0 Å².